The van der Waals surface area contributed by atoms with Crippen LogP contribution >= 0.6 is 0 Å². The van der Waals surface area contributed by atoms with Crippen LogP contribution in [0.1, 0.15) is 37.2 Å². The van der Waals surface area contributed by atoms with Gasteiger partial charge in [0.2, 0.25) is 0 Å². The largest absolute Gasteiger partial charge is 0.373 e. The number of hydrogen-bond acceptors (Lipinski definition) is 3. The molecule has 0 aliphatic rings. The maximum absolute atomic E-state index is 12.2. The zero-order valence-electron chi connectivity index (χ0n) is 11.0. The summed E-state index contributed by atoms with van der Waals surface area (Å²) in [5, 5.41) is 2.94. The molecule has 0 saturated heterocycles. The zero-order valence-corrected chi connectivity index (χ0v) is 11.0. The Labute approximate surface area is 103 Å². The van der Waals surface area contributed by atoms with E-state index in [2.05, 4.69) is 24.1 Å². The van der Waals surface area contributed by atoms with Crippen LogP contribution < -0.4 is 5.32 Å². The Kier molecular flexibility index (Phi) is 4.94. The van der Waals surface area contributed by atoms with Crippen LogP contribution in [0.5, 0.6) is 0 Å². The van der Waals surface area contributed by atoms with Crippen LogP contribution in [0.25, 0.3) is 0 Å². The summed E-state index contributed by atoms with van der Waals surface area (Å²) < 4.78 is 0. The molecule has 1 rings (SSSR count). The summed E-state index contributed by atoms with van der Waals surface area (Å²) in [4.78, 5) is 18.2. The topological polar surface area (TPSA) is 45.2 Å². The molecule has 0 radical (unpaired) electrons. The quantitative estimate of drug-likeness (QED) is 0.852. The molecule has 1 amide bonds. The molecule has 0 bridgehead atoms. The molecule has 0 aliphatic carbocycles. The lowest BCUT2D eigenvalue weighted by molar-refractivity contribution is 0.0718. The summed E-state index contributed by atoms with van der Waals surface area (Å²) in [6.07, 6.45) is 1.93. The summed E-state index contributed by atoms with van der Waals surface area (Å²) in [5.74, 6) is 0.699. The van der Waals surface area contributed by atoms with Gasteiger partial charge in [-0.25, -0.2) is 4.98 Å². The van der Waals surface area contributed by atoms with Gasteiger partial charge in [0.25, 0.3) is 5.91 Å². The Morgan fingerprint density at radius 3 is 2.59 bits per heavy atom. The fourth-order valence-corrected chi connectivity index (χ4v) is 1.88. The second-order valence-corrected chi connectivity index (χ2v) is 4.04. The van der Waals surface area contributed by atoms with Gasteiger partial charge in [-0.1, -0.05) is 19.9 Å². The van der Waals surface area contributed by atoms with E-state index in [1.807, 2.05) is 19.2 Å². The molecule has 1 aromatic rings. The van der Waals surface area contributed by atoms with E-state index in [4.69, 9.17) is 0 Å². The van der Waals surface area contributed by atoms with Crippen LogP contribution in [0.3, 0.4) is 0 Å². The van der Waals surface area contributed by atoms with Crippen LogP contribution in [0, 0.1) is 0 Å². The number of rotatable bonds is 5. The minimum atomic E-state index is -0.0178. The smallest absolute Gasteiger partial charge is 0.272 e. The molecule has 4 nitrogen and oxygen atoms in total. The average molecular weight is 235 g/mol. The van der Waals surface area contributed by atoms with E-state index in [9.17, 15) is 4.79 Å². The molecule has 1 N–H and O–H groups in total. The van der Waals surface area contributed by atoms with Crippen molar-refractivity contribution in [3.63, 3.8) is 0 Å². The fraction of sp³-hybridized carbons (Fsp3) is 0.538. The summed E-state index contributed by atoms with van der Waals surface area (Å²) in [7, 11) is 3.63. The van der Waals surface area contributed by atoms with Gasteiger partial charge in [-0.3, -0.25) is 4.79 Å². The van der Waals surface area contributed by atoms with Crippen molar-refractivity contribution < 1.29 is 4.79 Å². The highest BCUT2D eigenvalue weighted by molar-refractivity contribution is 5.92. The van der Waals surface area contributed by atoms with Crippen LogP contribution in [-0.2, 0) is 0 Å². The first-order valence-corrected chi connectivity index (χ1v) is 6.06. The zero-order chi connectivity index (χ0) is 12.8. The molecule has 0 fully saturated rings. The van der Waals surface area contributed by atoms with Gasteiger partial charge in [0.05, 0.1) is 0 Å². The van der Waals surface area contributed by atoms with Crippen LogP contribution in [0.2, 0.25) is 0 Å². The minimum Gasteiger partial charge on any atom is -0.373 e. The third-order valence-corrected chi connectivity index (χ3v) is 3.03. The number of carbonyl (C=O) groups is 1. The minimum absolute atomic E-state index is 0.0178. The fourth-order valence-electron chi connectivity index (χ4n) is 1.88. The molecular weight excluding hydrogens is 214 g/mol. The molecule has 0 unspecified atom stereocenters. The van der Waals surface area contributed by atoms with Gasteiger partial charge in [-0.2, -0.15) is 0 Å². The molecule has 1 heterocycles. The predicted molar refractivity (Wildman–Crippen MR) is 70.2 cm³/mol. The Morgan fingerprint density at radius 2 is 2.06 bits per heavy atom. The van der Waals surface area contributed by atoms with Crippen molar-refractivity contribution in [2.45, 2.75) is 32.7 Å². The van der Waals surface area contributed by atoms with E-state index in [1.54, 1.807) is 18.0 Å². The Hall–Kier alpha value is -1.58. The summed E-state index contributed by atoms with van der Waals surface area (Å²) in [6, 6.07) is 5.71. The molecule has 0 aliphatic heterocycles. The van der Waals surface area contributed by atoms with Gasteiger partial charge in [-0.15, -0.1) is 0 Å². The lowest BCUT2D eigenvalue weighted by Gasteiger charge is -2.26. The van der Waals surface area contributed by atoms with Crippen molar-refractivity contribution in [3.05, 3.63) is 23.9 Å². The van der Waals surface area contributed by atoms with E-state index < -0.39 is 0 Å². The van der Waals surface area contributed by atoms with Crippen LogP contribution in [0.15, 0.2) is 18.2 Å². The monoisotopic (exact) mass is 235 g/mol. The second kappa shape index (κ2) is 6.23. The van der Waals surface area contributed by atoms with E-state index in [0.717, 1.165) is 12.8 Å². The highest BCUT2D eigenvalue weighted by Crippen LogP contribution is 2.11. The molecular formula is C13H21N3O. The number of nitrogens with one attached hydrogen (secondary N) is 1. The van der Waals surface area contributed by atoms with E-state index in [0.29, 0.717) is 11.5 Å². The van der Waals surface area contributed by atoms with Crippen molar-refractivity contribution in [3.8, 4) is 0 Å². The van der Waals surface area contributed by atoms with Crippen molar-refractivity contribution in [1.29, 1.82) is 0 Å². The molecule has 94 valence electrons. The standard InChI is InChI=1S/C13H21N3O/c1-5-10(6-2)16(4)13(17)11-8-7-9-12(14-3)15-11/h7-10H,5-6H2,1-4H3,(H,14,15). The normalized spacial score (nSPS) is 10.4. The molecule has 1 aromatic heterocycles. The van der Waals surface area contributed by atoms with Gasteiger partial charge >= 0.3 is 0 Å². The first-order chi connectivity index (χ1) is 8.13. The first kappa shape index (κ1) is 13.5. The molecule has 0 spiro atoms. The second-order valence-electron chi connectivity index (χ2n) is 4.04. The van der Waals surface area contributed by atoms with Gasteiger partial charge in [0.15, 0.2) is 0 Å². The highest BCUT2D eigenvalue weighted by atomic mass is 16.2. The summed E-state index contributed by atoms with van der Waals surface area (Å²) in [6.45, 7) is 4.19. The average Bonchev–Trinajstić information content (AvgIpc) is 2.39. The number of amides is 1. The SMILES string of the molecule is CCC(CC)N(C)C(=O)c1cccc(NC)n1. The molecule has 0 aromatic carbocycles. The maximum atomic E-state index is 12.2. The molecule has 0 saturated carbocycles. The van der Waals surface area contributed by atoms with Crippen molar-refractivity contribution in [1.82, 2.24) is 9.88 Å². The Bertz CT molecular complexity index is 375. The number of hydrogen-bond donors (Lipinski definition) is 1. The van der Waals surface area contributed by atoms with E-state index in [-0.39, 0.29) is 11.9 Å². The number of aromatic nitrogens is 1. The van der Waals surface area contributed by atoms with Gasteiger partial charge in [-0.05, 0) is 25.0 Å². The van der Waals surface area contributed by atoms with E-state index in [1.165, 1.54) is 0 Å². The van der Waals surface area contributed by atoms with E-state index >= 15 is 0 Å². The summed E-state index contributed by atoms with van der Waals surface area (Å²) >= 11 is 0. The van der Waals surface area contributed by atoms with Gasteiger partial charge < -0.3 is 10.2 Å². The summed E-state index contributed by atoms with van der Waals surface area (Å²) in [5.41, 5.74) is 0.492. The van der Waals surface area contributed by atoms with Gasteiger partial charge in [0.1, 0.15) is 11.5 Å². The third-order valence-electron chi connectivity index (χ3n) is 3.03. The third kappa shape index (κ3) is 3.19. The molecule has 17 heavy (non-hydrogen) atoms. The number of pyridine rings is 1. The van der Waals surface area contributed by atoms with Crippen LogP contribution in [0.4, 0.5) is 5.82 Å². The Morgan fingerprint density at radius 1 is 1.41 bits per heavy atom. The number of anilines is 1. The highest BCUT2D eigenvalue weighted by Gasteiger charge is 2.19. The maximum Gasteiger partial charge on any atom is 0.272 e. The number of nitrogens with zero attached hydrogens (tertiary/aromatic N) is 2. The first-order valence-electron chi connectivity index (χ1n) is 6.06. The Balaban J connectivity index is 2.87. The lowest BCUT2D eigenvalue weighted by Crippen LogP contribution is -2.36. The van der Waals surface area contributed by atoms with Gasteiger partial charge in [0, 0.05) is 20.1 Å². The van der Waals surface area contributed by atoms with Crippen molar-refractivity contribution in [2.24, 2.45) is 0 Å². The lowest BCUT2D eigenvalue weighted by atomic mass is 10.1. The molecule has 4 heteroatoms. The van der Waals surface area contributed by atoms with Crippen molar-refractivity contribution in [2.75, 3.05) is 19.4 Å². The number of carbonyl (C=O) groups excluding carboxylic acids is 1. The molecule has 0 atom stereocenters. The van der Waals surface area contributed by atoms with Crippen molar-refractivity contribution >= 4 is 11.7 Å². The predicted octanol–water partition coefficient (Wildman–Crippen LogP) is 2.38. The van der Waals surface area contributed by atoms with Crippen LogP contribution in [-0.4, -0.2) is 35.9 Å².